The number of hydrogen-bond donors (Lipinski definition) is 2. The van der Waals surface area contributed by atoms with E-state index in [1.54, 1.807) is 37.3 Å². The molecule has 2 aliphatic rings. The predicted octanol–water partition coefficient (Wildman–Crippen LogP) is 4.14. The zero-order valence-electron chi connectivity index (χ0n) is 14.1. The Bertz CT molecular complexity index is 1020. The third-order valence-corrected chi connectivity index (χ3v) is 4.75. The standard InChI is InChI=1S/C19H13F3N4O/c1-11-6-8-12(9-7-11)18(19(20,21)22)13(10-23)16-24-14-4-2-3-5-15(14)26(16)17(27)25-18/h2-9,24H,1H3,(H,25,27)/t18-/m1/s1. The van der Waals surface area contributed by atoms with Gasteiger partial charge < -0.3 is 10.6 Å². The number of hydrogen-bond acceptors (Lipinski definition) is 3. The number of halogens is 3. The smallest absolute Gasteiger partial charge is 0.339 e. The molecular weight excluding hydrogens is 357 g/mol. The maximum atomic E-state index is 14.3. The number of amides is 2. The van der Waals surface area contributed by atoms with Gasteiger partial charge in [0.25, 0.3) is 0 Å². The van der Waals surface area contributed by atoms with Crippen molar-refractivity contribution in [1.29, 1.82) is 5.26 Å². The average molecular weight is 370 g/mol. The molecule has 0 fully saturated rings. The van der Waals surface area contributed by atoms with E-state index in [4.69, 9.17) is 0 Å². The summed E-state index contributed by atoms with van der Waals surface area (Å²) in [6.45, 7) is 1.74. The Labute approximate surface area is 152 Å². The van der Waals surface area contributed by atoms with Gasteiger partial charge in [0.05, 0.1) is 11.4 Å². The van der Waals surface area contributed by atoms with Crippen LogP contribution in [0.4, 0.5) is 29.3 Å². The molecule has 5 nitrogen and oxygen atoms in total. The quantitative estimate of drug-likeness (QED) is 0.793. The number of nitrogens with zero attached hydrogens (tertiary/aromatic N) is 2. The minimum atomic E-state index is -4.93. The Morgan fingerprint density at radius 3 is 2.41 bits per heavy atom. The number of fused-ring (bicyclic) bond motifs is 3. The van der Waals surface area contributed by atoms with Crippen LogP contribution in [-0.4, -0.2) is 12.2 Å². The van der Waals surface area contributed by atoms with Gasteiger partial charge in [-0.05, 0) is 24.6 Å². The van der Waals surface area contributed by atoms with E-state index in [-0.39, 0.29) is 11.4 Å². The highest BCUT2D eigenvalue weighted by molar-refractivity contribution is 6.05. The zero-order valence-corrected chi connectivity index (χ0v) is 14.1. The van der Waals surface area contributed by atoms with Crippen molar-refractivity contribution < 1.29 is 18.0 Å². The molecule has 2 aromatic rings. The number of nitriles is 1. The number of anilines is 2. The highest BCUT2D eigenvalue weighted by Crippen LogP contribution is 2.50. The second-order valence-electron chi connectivity index (χ2n) is 6.36. The van der Waals surface area contributed by atoms with E-state index in [1.165, 1.54) is 24.3 Å². The van der Waals surface area contributed by atoms with Gasteiger partial charge in [0.1, 0.15) is 17.5 Å². The lowest BCUT2D eigenvalue weighted by Crippen LogP contribution is -2.63. The van der Waals surface area contributed by atoms with Gasteiger partial charge in [-0.2, -0.15) is 18.4 Å². The largest absolute Gasteiger partial charge is 0.421 e. The van der Waals surface area contributed by atoms with E-state index < -0.39 is 23.3 Å². The number of nitrogens with one attached hydrogen (secondary N) is 2. The monoisotopic (exact) mass is 370 g/mol. The lowest BCUT2D eigenvalue weighted by atomic mass is 9.80. The average Bonchev–Trinajstić information content (AvgIpc) is 3.01. The van der Waals surface area contributed by atoms with Crippen molar-refractivity contribution in [3.8, 4) is 6.07 Å². The summed E-state index contributed by atoms with van der Waals surface area (Å²) in [5, 5.41) is 14.6. The van der Waals surface area contributed by atoms with Crippen molar-refractivity contribution in [3.63, 3.8) is 0 Å². The molecule has 2 aromatic carbocycles. The zero-order chi connectivity index (χ0) is 19.4. The number of alkyl halides is 3. The first-order valence-electron chi connectivity index (χ1n) is 8.06. The molecule has 0 radical (unpaired) electrons. The molecule has 0 aromatic heterocycles. The number of rotatable bonds is 1. The van der Waals surface area contributed by atoms with Gasteiger partial charge in [0, 0.05) is 0 Å². The summed E-state index contributed by atoms with van der Waals surface area (Å²) in [6, 6.07) is 12.9. The van der Waals surface area contributed by atoms with Gasteiger partial charge in [-0.1, -0.05) is 42.0 Å². The molecule has 2 aliphatic heterocycles. The Kier molecular flexibility index (Phi) is 3.46. The molecule has 2 N–H and O–H groups in total. The number of carbonyl (C=O) groups is 1. The third-order valence-electron chi connectivity index (χ3n) is 4.75. The molecule has 2 amide bonds. The number of urea groups is 1. The second-order valence-corrected chi connectivity index (χ2v) is 6.36. The minimum Gasteiger partial charge on any atom is -0.339 e. The Morgan fingerprint density at radius 2 is 1.78 bits per heavy atom. The Balaban J connectivity index is 2.03. The molecule has 0 unspecified atom stereocenters. The van der Waals surface area contributed by atoms with Crippen LogP contribution in [0.2, 0.25) is 0 Å². The van der Waals surface area contributed by atoms with E-state index in [9.17, 15) is 23.2 Å². The summed E-state index contributed by atoms with van der Waals surface area (Å²) in [7, 11) is 0. The van der Waals surface area contributed by atoms with Gasteiger partial charge in [0.15, 0.2) is 0 Å². The van der Waals surface area contributed by atoms with Crippen LogP contribution in [0.5, 0.6) is 0 Å². The van der Waals surface area contributed by atoms with Crippen molar-refractivity contribution in [2.45, 2.75) is 18.6 Å². The Hall–Kier alpha value is -3.47. The number of benzene rings is 2. The normalized spacial score (nSPS) is 21.1. The maximum Gasteiger partial charge on any atom is 0.421 e. The van der Waals surface area contributed by atoms with Gasteiger partial charge in [-0.15, -0.1) is 0 Å². The van der Waals surface area contributed by atoms with Crippen LogP contribution in [0.25, 0.3) is 0 Å². The summed E-state index contributed by atoms with van der Waals surface area (Å²) in [5.41, 5.74) is -2.18. The summed E-state index contributed by atoms with van der Waals surface area (Å²) in [5.74, 6) is -0.180. The molecular formula is C19H13F3N4O. The summed E-state index contributed by atoms with van der Waals surface area (Å²) < 4.78 is 43.0. The minimum absolute atomic E-state index is 0.180. The van der Waals surface area contributed by atoms with E-state index in [0.29, 0.717) is 11.4 Å². The molecule has 8 heteroatoms. The first-order chi connectivity index (χ1) is 12.8. The van der Waals surface area contributed by atoms with Crippen LogP contribution in [0.1, 0.15) is 11.1 Å². The molecule has 0 bridgehead atoms. The van der Waals surface area contributed by atoms with Crippen molar-refractivity contribution in [3.05, 3.63) is 71.1 Å². The van der Waals surface area contributed by atoms with Crippen molar-refractivity contribution in [1.82, 2.24) is 5.32 Å². The van der Waals surface area contributed by atoms with Crippen molar-refractivity contribution >= 4 is 17.4 Å². The fourth-order valence-corrected chi connectivity index (χ4v) is 3.45. The number of aryl methyl sites for hydroxylation is 1. The third kappa shape index (κ3) is 2.21. The lowest BCUT2D eigenvalue weighted by Gasteiger charge is -2.42. The van der Waals surface area contributed by atoms with E-state index in [1.807, 2.05) is 0 Å². The molecule has 2 heterocycles. The number of para-hydroxylation sites is 2. The van der Waals surface area contributed by atoms with E-state index in [0.717, 1.165) is 10.5 Å². The maximum absolute atomic E-state index is 14.3. The molecule has 0 saturated carbocycles. The van der Waals surface area contributed by atoms with Crippen molar-refractivity contribution in [2.24, 2.45) is 0 Å². The fraction of sp³-hybridized carbons (Fsp3) is 0.158. The predicted molar refractivity (Wildman–Crippen MR) is 92.6 cm³/mol. The summed E-state index contributed by atoms with van der Waals surface area (Å²) in [6.07, 6.45) is -4.93. The van der Waals surface area contributed by atoms with Crippen LogP contribution in [0.3, 0.4) is 0 Å². The summed E-state index contributed by atoms with van der Waals surface area (Å²) >= 11 is 0. The molecule has 136 valence electrons. The van der Waals surface area contributed by atoms with Gasteiger partial charge in [-0.3, -0.25) is 0 Å². The van der Waals surface area contributed by atoms with Gasteiger partial charge in [-0.25, -0.2) is 9.69 Å². The van der Waals surface area contributed by atoms with Gasteiger partial charge >= 0.3 is 12.2 Å². The van der Waals surface area contributed by atoms with Crippen molar-refractivity contribution in [2.75, 3.05) is 10.2 Å². The topological polar surface area (TPSA) is 68.2 Å². The first kappa shape index (κ1) is 17.0. The highest BCUT2D eigenvalue weighted by Gasteiger charge is 2.64. The van der Waals surface area contributed by atoms with Gasteiger partial charge in [0.2, 0.25) is 5.54 Å². The van der Waals surface area contributed by atoms with Crippen LogP contribution in [-0.2, 0) is 5.54 Å². The first-order valence-corrected chi connectivity index (χ1v) is 8.06. The van der Waals surface area contributed by atoms with E-state index in [2.05, 4.69) is 10.6 Å². The Morgan fingerprint density at radius 1 is 1.11 bits per heavy atom. The summed E-state index contributed by atoms with van der Waals surface area (Å²) in [4.78, 5) is 13.8. The fourth-order valence-electron chi connectivity index (χ4n) is 3.45. The lowest BCUT2D eigenvalue weighted by molar-refractivity contribution is -0.184. The molecule has 0 saturated heterocycles. The van der Waals surface area contributed by atoms with Crippen LogP contribution >= 0.6 is 0 Å². The van der Waals surface area contributed by atoms with Crippen LogP contribution in [0.15, 0.2) is 59.9 Å². The number of carbonyl (C=O) groups excluding carboxylic acids is 1. The molecule has 0 spiro atoms. The molecule has 4 rings (SSSR count). The highest BCUT2D eigenvalue weighted by atomic mass is 19.4. The SMILES string of the molecule is Cc1ccc([C@@]2(C(F)(F)F)NC(=O)N3C(=C2C#N)Nc2ccccc23)cc1. The van der Waals surface area contributed by atoms with E-state index >= 15 is 0 Å². The van der Waals surface area contributed by atoms with Crippen LogP contribution < -0.4 is 15.5 Å². The molecule has 1 atom stereocenters. The second kappa shape index (κ2) is 5.51. The molecule has 0 aliphatic carbocycles. The molecule has 27 heavy (non-hydrogen) atoms. The van der Waals surface area contributed by atoms with Crippen LogP contribution in [0, 0.1) is 18.3 Å².